The molecule has 5 heteroatoms. The van der Waals surface area contributed by atoms with Gasteiger partial charge >= 0.3 is 5.97 Å². The van der Waals surface area contributed by atoms with Gasteiger partial charge in [0.1, 0.15) is 0 Å². The highest BCUT2D eigenvalue weighted by Gasteiger charge is 2.42. The van der Waals surface area contributed by atoms with Crippen molar-refractivity contribution in [2.75, 3.05) is 0 Å². The highest BCUT2D eigenvalue weighted by molar-refractivity contribution is 6.74. The van der Waals surface area contributed by atoms with Crippen molar-refractivity contribution in [3.8, 4) is 0 Å². The molecular formula is C29H48O4Si. The molecule has 1 unspecified atom stereocenters. The second-order valence-corrected chi connectivity index (χ2v) is 17.6. The zero-order valence-electron chi connectivity index (χ0n) is 22.4. The Morgan fingerprint density at radius 3 is 2.38 bits per heavy atom. The minimum Gasteiger partial charge on any atom is -0.475 e. The molecule has 0 aromatic carbocycles. The van der Waals surface area contributed by atoms with Gasteiger partial charge in [0.05, 0.1) is 6.10 Å². The minimum atomic E-state index is -1.83. The lowest BCUT2D eigenvalue weighted by Crippen LogP contribution is -2.45. The van der Waals surface area contributed by atoms with Gasteiger partial charge in [-0.05, 0) is 86.7 Å². The monoisotopic (exact) mass is 488 g/mol. The first-order valence-corrected chi connectivity index (χ1v) is 16.6. The van der Waals surface area contributed by atoms with E-state index in [1.807, 2.05) is 0 Å². The van der Waals surface area contributed by atoms with E-state index in [0.29, 0.717) is 24.2 Å². The van der Waals surface area contributed by atoms with Gasteiger partial charge in [0, 0.05) is 5.92 Å². The van der Waals surface area contributed by atoms with Gasteiger partial charge in [0.2, 0.25) is 5.78 Å². The van der Waals surface area contributed by atoms with E-state index < -0.39 is 26.0 Å². The van der Waals surface area contributed by atoms with Gasteiger partial charge in [0.25, 0.3) is 0 Å². The van der Waals surface area contributed by atoms with Crippen LogP contribution in [0.4, 0.5) is 0 Å². The third-order valence-corrected chi connectivity index (χ3v) is 13.8. The van der Waals surface area contributed by atoms with Gasteiger partial charge in [-0.2, -0.15) is 0 Å². The predicted octanol–water partition coefficient (Wildman–Crippen LogP) is 7.56. The van der Waals surface area contributed by atoms with Crippen molar-refractivity contribution in [2.24, 2.45) is 29.6 Å². The van der Waals surface area contributed by atoms with E-state index in [-0.39, 0.29) is 11.1 Å². The predicted molar refractivity (Wildman–Crippen MR) is 141 cm³/mol. The van der Waals surface area contributed by atoms with Gasteiger partial charge in [-0.25, -0.2) is 4.79 Å². The smallest absolute Gasteiger partial charge is 0.372 e. The van der Waals surface area contributed by atoms with Crippen LogP contribution in [0.15, 0.2) is 23.8 Å². The average molecular weight is 489 g/mol. The molecule has 192 valence electrons. The van der Waals surface area contributed by atoms with Crippen molar-refractivity contribution in [1.29, 1.82) is 0 Å². The van der Waals surface area contributed by atoms with Crippen LogP contribution in [0.25, 0.3) is 0 Å². The molecule has 3 fully saturated rings. The standard InChI is InChI=1S/C29H48O4Si/c1-20(27(30)28(31)32)12-13-21-18-24-15-14-22(25(24)19-21)16-17-26(23-10-8-7-9-11-23)33-34(5,6)29(2,3)4/h13,16-17,20,22-26H,7-12,14-15,18-19H2,1-6H3,(H,31,32)/b17-16+,21-13+/t20?,22-,24+,25-,26+/m1/s1. The van der Waals surface area contributed by atoms with Gasteiger partial charge in [-0.15, -0.1) is 0 Å². The van der Waals surface area contributed by atoms with E-state index in [1.165, 1.54) is 50.5 Å². The molecular weight excluding hydrogens is 440 g/mol. The number of carboxylic acid groups (broad SMARTS) is 1. The Morgan fingerprint density at radius 2 is 1.76 bits per heavy atom. The Balaban J connectivity index is 1.66. The Kier molecular flexibility index (Phi) is 9.05. The molecule has 0 bridgehead atoms. The number of rotatable bonds is 9. The van der Waals surface area contributed by atoms with Gasteiger partial charge in [0.15, 0.2) is 8.32 Å². The van der Waals surface area contributed by atoms with Crippen molar-refractivity contribution in [3.05, 3.63) is 23.8 Å². The highest BCUT2D eigenvalue weighted by atomic mass is 28.4. The van der Waals surface area contributed by atoms with Gasteiger partial charge < -0.3 is 9.53 Å². The number of fused-ring (bicyclic) bond motifs is 1. The summed E-state index contributed by atoms with van der Waals surface area (Å²) in [6, 6.07) is 0. The Labute approximate surface area is 208 Å². The van der Waals surface area contributed by atoms with E-state index in [4.69, 9.17) is 9.53 Å². The number of carboxylic acids is 1. The normalized spacial score (nSPS) is 29.5. The number of ketones is 1. The first-order chi connectivity index (χ1) is 15.9. The van der Waals surface area contributed by atoms with Crippen LogP contribution < -0.4 is 0 Å². The summed E-state index contributed by atoms with van der Waals surface area (Å²) in [6.07, 6.45) is 19.3. The Morgan fingerprint density at radius 1 is 1.09 bits per heavy atom. The molecule has 1 N–H and O–H groups in total. The zero-order chi connectivity index (χ0) is 25.1. The van der Waals surface area contributed by atoms with E-state index in [2.05, 4.69) is 52.1 Å². The number of aliphatic carboxylic acids is 1. The lowest BCUT2D eigenvalue weighted by Gasteiger charge is -2.41. The van der Waals surface area contributed by atoms with Crippen molar-refractivity contribution in [3.63, 3.8) is 0 Å². The van der Waals surface area contributed by atoms with E-state index >= 15 is 0 Å². The van der Waals surface area contributed by atoms with Crippen LogP contribution in [0, 0.1) is 29.6 Å². The maximum Gasteiger partial charge on any atom is 0.372 e. The van der Waals surface area contributed by atoms with Crippen molar-refractivity contribution >= 4 is 20.1 Å². The van der Waals surface area contributed by atoms with Crippen LogP contribution >= 0.6 is 0 Å². The fourth-order valence-corrected chi connectivity index (χ4v) is 7.38. The largest absolute Gasteiger partial charge is 0.475 e. The van der Waals surface area contributed by atoms with Crippen LogP contribution in [0.3, 0.4) is 0 Å². The molecule has 5 atom stereocenters. The number of hydrogen-bond donors (Lipinski definition) is 1. The van der Waals surface area contributed by atoms with Crippen LogP contribution in [0.5, 0.6) is 0 Å². The van der Waals surface area contributed by atoms with E-state index in [1.54, 1.807) is 6.92 Å². The Hall–Kier alpha value is -1.20. The second kappa shape index (κ2) is 11.2. The summed E-state index contributed by atoms with van der Waals surface area (Å²) < 4.78 is 7.00. The first-order valence-electron chi connectivity index (χ1n) is 13.7. The summed E-state index contributed by atoms with van der Waals surface area (Å²) in [5.41, 5.74) is 1.43. The maximum absolute atomic E-state index is 11.7. The SMILES string of the molecule is CC(C/C=C1\C[C@@H]2CC[C@H](/C=C/[C@H](O[Si](C)(C)C(C)(C)C)C3CCCCC3)[C@H]2C1)C(=O)C(=O)O. The number of allylic oxidation sites excluding steroid dienone is 3. The van der Waals surface area contributed by atoms with Gasteiger partial charge in [-0.1, -0.05) is 70.8 Å². The summed E-state index contributed by atoms with van der Waals surface area (Å²) in [6.45, 7) is 13.5. The van der Waals surface area contributed by atoms with Crippen molar-refractivity contribution in [2.45, 2.75) is 116 Å². The third kappa shape index (κ3) is 6.72. The molecule has 0 aromatic heterocycles. The second-order valence-electron chi connectivity index (χ2n) is 12.9. The molecule has 0 aliphatic heterocycles. The summed E-state index contributed by atoms with van der Waals surface area (Å²) in [5.74, 6) is 0.267. The molecule has 0 aromatic rings. The summed E-state index contributed by atoms with van der Waals surface area (Å²) in [7, 11) is -1.83. The molecule has 0 radical (unpaired) electrons. The van der Waals surface area contributed by atoms with E-state index in [9.17, 15) is 9.59 Å². The quantitative estimate of drug-likeness (QED) is 0.207. The van der Waals surface area contributed by atoms with Gasteiger partial charge in [-0.3, -0.25) is 4.79 Å². The molecule has 3 rings (SSSR count). The van der Waals surface area contributed by atoms with Crippen LogP contribution in [-0.2, 0) is 14.0 Å². The molecule has 0 heterocycles. The summed E-state index contributed by atoms with van der Waals surface area (Å²) >= 11 is 0. The van der Waals surface area contributed by atoms with Crippen LogP contribution in [0.2, 0.25) is 18.1 Å². The molecule has 0 amide bonds. The molecule has 0 spiro atoms. The molecule has 3 aliphatic carbocycles. The zero-order valence-corrected chi connectivity index (χ0v) is 23.4. The molecule has 34 heavy (non-hydrogen) atoms. The van der Waals surface area contributed by atoms with Crippen molar-refractivity contribution < 1.29 is 19.1 Å². The topological polar surface area (TPSA) is 63.6 Å². The third-order valence-electron chi connectivity index (χ3n) is 9.37. The number of Topliss-reactive ketones (excluding diaryl/α,β-unsaturated/α-hetero) is 1. The number of hydrogen-bond acceptors (Lipinski definition) is 3. The molecule has 0 saturated heterocycles. The summed E-state index contributed by atoms with van der Waals surface area (Å²) in [5, 5.41) is 9.16. The number of carbonyl (C=O) groups is 2. The van der Waals surface area contributed by atoms with Crippen molar-refractivity contribution in [1.82, 2.24) is 0 Å². The average Bonchev–Trinajstić information content (AvgIpc) is 3.34. The fourth-order valence-electron chi connectivity index (χ4n) is 6.07. The van der Waals surface area contributed by atoms with Crippen LogP contribution in [0.1, 0.15) is 91.9 Å². The minimum absolute atomic E-state index is 0.219. The fraction of sp³-hybridized carbons (Fsp3) is 0.793. The molecule has 3 aliphatic rings. The molecule has 4 nitrogen and oxygen atoms in total. The lowest BCUT2D eigenvalue weighted by molar-refractivity contribution is -0.150. The Bertz CT molecular complexity index is 784. The summed E-state index contributed by atoms with van der Waals surface area (Å²) in [4.78, 5) is 22.6. The lowest BCUT2D eigenvalue weighted by atomic mass is 9.84. The first kappa shape index (κ1) is 27.4. The maximum atomic E-state index is 11.7. The number of carbonyl (C=O) groups excluding carboxylic acids is 1. The van der Waals surface area contributed by atoms with E-state index in [0.717, 1.165) is 18.8 Å². The highest BCUT2D eigenvalue weighted by Crippen LogP contribution is 2.50. The molecule has 3 saturated carbocycles. The van der Waals surface area contributed by atoms with Crippen LogP contribution in [-0.4, -0.2) is 31.3 Å².